The lowest BCUT2D eigenvalue weighted by atomic mass is 9.80. The fraction of sp³-hybridized carbons (Fsp3) is 0.350. The first-order valence-electron chi connectivity index (χ1n) is 8.64. The van der Waals surface area contributed by atoms with Crippen molar-refractivity contribution >= 4 is 23.5 Å². The first-order valence-corrected chi connectivity index (χ1v) is 8.64. The van der Waals surface area contributed by atoms with E-state index in [9.17, 15) is 14.4 Å². The lowest BCUT2D eigenvalue weighted by molar-refractivity contribution is -0.155. The second-order valence-corrected chi connectivity index (χ2v) is 6.73. The third-order valence-corrected chi connectivity index (χ3v) is 5.21. The van der Waals surface area contributed by atoms with E-state index < -0.39 is 23.5 Å². The minimum atomic E-state index is -1.14. The Morgan fingerprint density at radius 1 is 1.15 bits per heavy atom. The monoisotopic (exact) mass is 353 g/mol. The summed E-state index contributed by atoms with van der Waals surface area (Å²) < 4.78 is 11.4. The highest BCUT2D eigenvalue weighted by Crippen LogP contribution is 2.49. The maximum absolute atomic E-state index is 13.2. The average molecular weight is 353 g/mol. The number of ether oxygens (including phenoxy) is 2. The molecular formula is C20H19NO5. The summed E-state index contributed by atoms with van der Waals surface area (Å²) >= 11 is 0. The van der Waals surface area contributed by atoms with Gasteiger partial charge in [-0.15, -0.1) is 6.58 Å². The number of cyclic esters (lactones) is 1. The van der Waals surface area contributed by atoms with Gasteiger partial charge in [0.25, 0.3) is 0 Å². The van der Waals surface area contributed by atoms with Crippen LogP contribution in [-0.4, -0.2) is 36.1 Å². The minimum Gasteiger partial charge on any atom is -0.462 e. The number of rotatable bonds is 2. The molecule has 0 radical (unpaired) electrons. The Morgan fingerprint density at radius 3 is 2.65 bits per heavy atom. The molecule has 0 aromatic heterocycles. The molecule has 1 aromatic rings. The van der Waals surface area contributed by atoms with Crippen LogP contribution in [0, 0.1) is 11.8 Å². The van der Waals surface area contributed by atoms with E-state index in [1.807, 2.05) is 12.1 Å². The molecule has 6 heteroatoms. The summed E-state index contributed by atoms with van der Waals surface area (Å²) in [7, 11) is 0. The van der Waals surface area contributed by atoms with Crippen molar-refractivity contribution in [2.75, 3.05) is 11.5 Å². The minimum absolute atomic E-state index is 0.0878. The van der Waals surface area contributed by atoms with Crippen molar-refractivity contribution in [1.82, 2.24) is 0 Å². The zero-order valence-corrected chi connectivity index (χ0v) is 14.2. The van der Waals surface area contributed by atoms with Crippen molar-refractivity contribution in [3.8, 4) is 0 Å². The zero-order valence-electron chi connectivity index (χ0n) is 14.2. The molecule has 0 N–H and O–H groups in total. The van der Waals surface area contributed by atoms with Gasteiger partial charge in [-0.1, -0.05) is 36.4 Å². The molecule has 26 heavy (non-hydrogen) atoms. The molecule has 3 aliphatic heterocycles. The molecule has 0 aliphatic carbocycles. The molecular weight excluding hydrogens is 334 g/mol. The van der Waals surface area contributed by atoms with Crippen LogP contribution in [0.25, 0.3) is 0 Å². The number of hydrogen-bond donors (Lipinski definition) is 0. The molecule has 4 atom stereocenters. The van der Waals surface area contributed by atoms with Crippen LogP contribution in [0.2, 0.25) is 0 Å². The normalized spacial score (nSPS) is 35.0. The predicted octanol–water partition coefficient (Wildman–Crippen LogP) is 2.01. The van der Waals surface area contributed by atoms with Crippen molar-refractivity contribution in [3.63, 3.8) is 0 Å². The van der Waals surface area contributed by atoms with E-state index in [1.165, 1.54) is 4.90 Å². The number of hydrogen-bond acceptors (Lipinski definition) is 5. The molecule has 3 heterocycles. The van der Waals surface area contributed by atoms with Crippen LogP contribution in [0.5, 0.6) is 0 Å². The number of imide groups is 1. The lowest BCUT2D eigenvalue weighted by Crippen LogP contribution is -2.46. The summed E-state index contributed by atoms with van der Waals surface area (Å²) in [5.74, 6) is -2.41. The van der Waals surface area contributed by atoms with E-state index in [1.54, 1.807) is 36.4 Å². The molecule has 1 aromatic carbocycles. The van der Waals surface area contributed by atoms with Crippen LogP contribution >= 0.6 is 0 Å². The Balaban J connectivity index is 1.78. The third kappa shape index (κ3) is 2.41. The zero-order chi connectivity index (χ0) is 18.3. The van der Waals surface area contributed by atoms with Crippen molar-refractivity contribution in [2.45, 2.75) is 24.5 Å². The number of amides is 2. The summed E-state index contributed by atoms with van der Waals surface area (Å²) in [6.45, 7) is 3.67. The fourth-order valence-electron chi connectivity index (χ4n) is 4.03. The molecule has 4 rings (SSSR count). The Kier molecular flexibility index (Phi) is 4.00. The van der Waals surface area contributed by atoms with Crippen LogP contribution in [0.4, 0.5) is 5.69 Å². The second kappa shape index (κ2) is 6.21. The van der Waals surface area contributed by atoms with Gasteiger partial charge in [-0.3, -0.25) is 14.4 Å². The number of allylic oxidation sites excluding steroid dienone is 1. The quantitative estimate of drug-likeness (QED) is 0.462. The Hall–Kier alpha value is -2.73. The van der Waals surface area contributed by atoms with Gasteiger partial charge in [0.1, 0.15) is 12.2 Å². The highest BCUT2D eigenvalue weighted by Gasteiger charge is 2.66. The van der Waals surface area contributed by atoms with Gasteiger partial charge in [0, 0.05) is 6.42 Å². The largest absolute Gasteiger partial charge is 0.462 e. The molecule has 1 spiro atoms. The van der Waals surface area contributed by atoms with Crippen LogP contribution in [0.1, 0.15) is 12.8 Å². The Bertz CT molecular complexity index is 802. The number of para-hydroxylation sites is 1. The number of carbonyl (C=O) groups excluding carboxylic acids is 3. The van der Waals surface area contributed by atoms with Crippen LogP contribution < -0.4 is 4.90 Å². The summed E-state index contributed by atoms with van der Waals surface area (Å²) in [4.78, 5) is 39.3. The van der Waals surface area contributed by atoms with Crippen molar-refractivity contribution in [3.05, 3.63) is 55.1 Å². The van der Waals surface area contributed by atoms with E-state index in [-0.39, 0.29) is 30.8 Å². The van der Waals surface area contributed by atoms with Crippen LogP contribution in [-0.2, 0) is 23.9 Å². The number of carbonyl (C=O) groups is 3. The van der Waals surface area contributed by atoms with Crippen LogP contribution in [0.3, 0.4) is 0 Å². The predicted molar refractivity (Wildman–Crippen MR) is 93.0 cm³/mol. The summed E-state index contributed by atoms with van der Waals surface area (Å²) in [6.07, 6.45) is 5.32. The van der Waals surface area contributed by atoms with Gasteiger partial charge in [0.15, 0.2) is 0 Å². The molecule has 2 fully saturated rings. The first kappa shape index (κ1) is 16.7. The topological polar surface area (TPSA) is 72.9 Å². The summed E-state index contributed by atoms with van der Waals surface area (Å²) in [5.41, 5.74) is -0.614. The van der Waals surface area contributed by atoms with Gasteiger partial charge >= 0.3 is 5.97 Å². The highest BCUT2D eigenvalue weighted by atomic mass is 16.6. The number of esters is 1. The van der Waals surface area contributed by atoms with E-state index in [4.69, 9.17) is 9.47 Å². The SMILES string of the molecule is C=C[C@H]1O[C@@]2(/C=C\CCC(=O)OC2)[C@H]2C(=O)N(c3ccccc3)C(=O)[C@@H]12. The van der Waals surface area contributed by atoms with E-state index in [0.717, 1.165) is 0 Å². The van der Waals surface area contributed by atoms with Gasteiger partial charge in [0.05, 0.1) is 23.6 Å². The average Bonchev–Trinajstić information content (AvgIpc) is 3.11. The Labute approximate surface area is 151 Å². The van der Waals surface area contributed by atoms with E-state index >= 15 is 0 Å². The fourth-order valence-corrected chi connectivity index (χ4v) is 4.03. The molecule has 0 bridgehead atoms. The molecule has 3 aliphatic rings. The molecule has 6 nitrogen and oxygen atoms in total. The molecule has 134 valence electrons. The van der Waals surface area contributed by atoms with Crippen LogP contribution in [0.15, 0.2) is 55.1 Å². The van der Waals surface area contributed by atoms with Gasteiger partial charge in [-0.25, -0.2) is 4.90 Å². The highest BCUT2D eigenvalue weighted by molar-refractivity contribution is 6.23. The Morgan fingerprint density at radius 2 is 1.92 bits per heavy atom. The summed E-state index contributed by atoms with van der Waals surface area (Å²) in [5, 5.41) is 0. The van der Waals surface area contributed by atoms with Gasteiger partial charge in [-0.2, -0.15) is 0 Å². The first-order chi connectivity index (χ1) is 12.6. The maximum Gasteiger partial charge on any atom is 0.306 e. The van der Waals surface area contributed by atoms with Crippen molar-refractivity contribution in [1.29, 1.82) is 0 Å². The second-order valence-electron chi connectivity index (χ2n) is 6.73. The molecule has 2 saturated heterocycles. The van der Waals surface area contributed by atoms with Crippen molar-refractivity contribution in [2.24, 2.45) is 11.8 Å². The van der Waals surface area contributed by atoms with Gasteiger partial charge in [0.2, 0.25) is 11.8 Å². The number of anilines is 1. The maximum atomic E-state index is 13.2. The number of fused-ring (bicyclic) bond motifs is 2. The molecule has 0 saturated carbocycles. The standard InChI is InChI=1S/C20H19NO5/c1-2-14-16-17(20(26-14)11-7-6-10-15(22)25-12-20)19(24)21(18(16)23)13-8-4-3-5-9-13/h2-5,7-9,11,14,16-17H,1,6,10,12H2/b11-7-/t14-,16+,17-,20-/m1/s1. The van der Waals surface area contributed by atoms with Gasteiger partial charge in [-0.05, 0) is 18.6 Å². The summed E-state index contributed by atoms with van der Waals surface area (Å²) in [6, 6.07) is 8.82. The smallest absolute Gasteiger partial charge is 0.306 e. The number of nitrogens with zero attached hydrogens (tertiary/aromatic N) is 1. The third-order valence-electron chi connectivity index (χ3n) is 5.21. The number of benzene rings is 1. The molecule has 2 amide bonds. The van der Waals surface area contributed by atoms with E-state index in [0.29, 0.717) is 12.1 Å². The molecule has 0 unspecified atom stereocenters. The van der Waals surface area contributed by atoms with Gasteiger partial charge < -0.3 is 9.47 Å². The van der Waals surface area contributed by atoms with E-state index in [2.05, 4.69) is 6.58 Å². The lowest BCUT2D eigenvalue weighted by Gasteiger charge is -2.31. The van der Waals surface area contributed by atoms with Crippen molar-refractivity contribution < 1.29 is 23.9 Å².